The second-order valence-corrected chi connectivity index (χ2v) is 5.98. The molecule has 0 bridgehead atoms. The first kappa shape index (κ1) is 16.2. The van der Waals surface area contributed by atoms with Gasteiger partial charge in [0, 0.05) is 6.07 Å². The first-order valence-corrected chi connectivity index (χ1v) is 7.24. The molecule has 0 atom stereocenters. The van der Waals surface area contributed by atoms with Gasteiger partial charge in [-0.1, -0.05) is 25.4 Å². The minimum atomic E-state index is -1.12. The molecule has 0 unspecified atom stereocenters. The van der Waals surface area contributed by atoms with Gasteiger partial charge >= 0.3 is 16.8 Å². The maximum Gasteiger partial charge on any atom is 0.514 e. The summed E-state index contributed by atoms with van der Waals surface area (Å²) in [5, 5.41) is 11.0. The van der Waals surface area contributed by atoms with Crippen LogP contribution in [-0.4, -0.2) is 17.7 Å². The first-order valence-electron chi connectivity index (χ1n) is 6.04. The Morgan fingerprint density at radius 1 is 1.55 bits per heavy atom. The SMILES string of the molecule is CC(C)COC(=O)Oc1c(Cl)cc2oc(=O)sc2c1[N+](=O)[O-]. The summed E-state index contributed by atoms with van der Waals surface area (Å²) in [7, 11) is 0. The predicted molar refractivity (Wildman–Crippen MR) is 78.8 cm³/mol. The van der Waals surface area contributed by atoms with Gasteiger partial charge in [-0.3, -0.25) is 10.1 Å². The molecule has 0 radical (unpaired) electrons. The fourth-order valence-electron chi connectivity index (χ4n) is 1.56. The molecule has 0 saturated heterocycles. The smallest absolute Gasteiger partial charge is 0.434 e. The van der Waals surface area contributed by atoms with Gasteiger partial charge in [0.15, 0.2) is 10.3 Å². The minimum absolute atomic E-state index is 0.0467. The van der Waals surface area contributed by atoms with E-state index in [4.69, 9.17) is 25.5 Å². The maximum atomic E-state index is 11.6. The number of hydrogen-bond acceptors (Lipinski definition) is 8. The van der Waals surface area contributed by atoms with Crippen molar-refractivity contribution in [1.82, 2.24) is 0 Å². The topological polar surface area (TPSA) is 109 Å². The third kappa shape index (κ3) is 3.37. The lowest BCUT2D eigenvalue weighted by Gasteiger charge is -2.09. The first-order chi connectivity index (χ1) is 10.3. The largest absolute Gasteiger partial charge is 0.514 e. The number of nitro groups is 1. The van der Waals surface area contributed by atoms with Crippen molar-refractivity contribution in [3.8, 4) is 5.75 Å². The van der Waals surface area contributed by atoms with E-state index in [9.17, 15) is 19.7 Å². The van der Waals surface area contributed by atoms with Gasteiger partial charge < -0.3 is 13.9 Å². The highest BCUT2D eigenvalue weighted by molar-refractivity contribution is 7.16. The number of halogens is 1. The van der Waals surface area contributed by atoms with Crippen molar-refractivity contribution in [3.63, 3.8) is 0 Å². The number of rotatable bonds is 4. The summed E-state index contributed by atoms with van der Waals surface area (Å²) < 4.78 is 14.3. The monoisotopic (exact) mass is 347 g/mol. The highest BCUT2D eigenvalue weighted by Crippen LogP contribution is 2.42. The lowest BCUT2D eigenvalue weighted by Crippen LogP contribution is -2.15. The molecule has 22 heavy (non-hydrogen) atoms. The van der Waals surface area contributed by atoms with Crippen LogP contribution in [0, 0.1) is 16.0 Å². The Labute approximate surface area is 132 Å². The van der Waals surface area contributed by atoms with Gasteiger partial charge in [0.1, 0.15) is 0 Å². The molecule has 1 aromatic carbocycles. The van der Waals surface area contributed by atoms with E-state index in [1.807, 2.05) is 13.8 Å². The molecule has 0 aliphatic carbocycles. The van der Waals surface area contributed by atoms with Crippen LogP contribution < -0.4 is 9.68 Å². The van der Waals surface area contributed by atoms with Crippen LogP contribution in [0.5, 0.6) is 5.75 Å². The van der Waals surface area contributed by atoms with E-state index in [1.165, 1.54) is 6.07 Å². The van der Waals surface area contributed by atoms with Crippen LogP contribution in [0.4, 0.5) is 10.5 Å². The van der Waals surface area contributed by atoms with E-state index in [0.29, 0.717) is 11.3 Å². The summed E-state index contributed by atoms with van der Waals surface area (Å²) in [6.45, 7) is 3.72. The summed E-state index contributed by atoms with van der Waals surface area (Å²) in [4.78, 5) is 32.5. The third-order valence-corrected chi connectivity index (χ3v) is 3.54. The van der Waals surface area contributed by atoms with Gasteiger partial charge in [0.05, 0.1) is 16.6 Å². The van der Waals surface area contributed by atoms with Crippen LogP contribution in [0.2, 0.25) is 5.02 Å². The molecular formula is C12H10ClNO7S. The molecule has 1 aromatic heterocycles. The van der Waals surface area contributed by atoms with Crippen LogP contribution in [0.15, 0.2) is 15.3 Å². The molecule has 0 aliphatic heterocycles. The van der Waals surface area contributed by atoms with E-state index >= 15 is 0 Å². The zero-order valence-corrected chi connectivity index (χ0v) is 13.0. The predicted octanol–water partition coefficient (Wildman–Crippen LogP) is 3.59. The number of nitrogens with zero attached hydrogens (tertiary/aromatic N) is 1. The molecular weight excluding hydrogens is 338 g/mol. The van der Waals surface area contributed by atoms with Crippen molar-refractivity contribution < 1.29 is 23.6 Å². The van der Waals surface area contributed by atoms with Crippen LogP contribution >= 0.6 is 22.9 Å². The molecule has 0 amide bonds. The summed E-state index contributed by atoms with van der Waals surface area (Å²) in [5.74, 6) is -0.412. The molecule has 1 heterocycles. The lowest BCUT2D eigenvalue weighted by atomic mass is 10.2. The van der Waals surface area contributed by atoms with Crippen molar-refractivity contribution in [2.75, 3.05) is 6.61 Å². The van der Waals surface area contributed by atoms with Gasteiger partial charge in [0.25, 0.3) is 0 Å². The summed E-state index contributed by atoms with van der Waals surface area (Å²) in [5.41, 5.74) is -0.658. The van der Waals surface area contributed by atoms with Crippen molar-refractivity contribution in [3.05, 3.63) is 30.9 Å². The fraction of sp³-hybridized carbons (Fsp3) is 0.333. The third-order valence-electron chi connectivity index (χ3n) is 2.41. The zero-order valence-electron chi connectivity index (χ0n) is 11.5. The Kier molecular flexibility index (Phi) is 4.67. The Bertz CT molecular complexity index is 795. The Morgan fingerprint density at radius 3 is 2.82 bits per heavy atom. The second kappa shape index (κ2) is 6.32. The molecule has 0 N–H and O–H groups in total. The van der Waals surface area contributed by atoms with Crippen LogP contribution in [0.3, 0.4) is 0 Å². The van der Waals surface area contributed by atoms with E-state index in [1.54, 1.807) is 0 Å². The zero-order chi connectivity index (χ0) is 16.4. The second-order valence-electron chi connectivity index (χ2n) is 4.63. The number of carbonyl (C=O) groups excluding carboxylic acids is 1. The molecule has 0 aliphatic rings. The number of benzene rings is 1. The van der Waals surface area contributed by atoms with E-state index in [-0.39, 0.29) is 27.8 Å². The molecule has 118 valence electrons. The Balaban J connectivity index is 2.46. The summed E-state index contributed by atoms with van der Waals surface area (Å²) in [6.07, 6.45) is -1.12. The van der Waals surface area contributed by atoms with Gasteiger partial charge in [-0.25, -0.2) is 9.59 Å². The lowest BCUT2D eigenvalue weighted by molar-refractivity contribution is -0.383. The molecule has 0 saturated carbocycles. The van der Waals surface area contributed by atoms with Crippen molar-refractivity contribution in [2.45, 2.75) is 13.8 Å². The highest BCUT2D eigenvalue weighted by Gasteiger charge is 2.29. The Hall–Kier alpha value is -2.13. The average Bonchev–Trinajstić information content (AvgIpc) is 2.76. The van der Waals surface area contributed by atoms with E-state index in [0.717, 1.165) is 0 Å². The molecule has 10 heteroatoms. The average molecular weight is 348 g/mol. The van der Waals surface area contributed by atoms with Gasteiger partial charge in [0.2, 0.25) is 5.75 Å². The Morgan fingerprint density at radius 2 is 2.23 bits per heavy atom. The molecule has 0 fully saturated rings. The molecule has 0 spiro atoms. The van der Waals surface area contributed by atoms with Crippen molar-refractivity contribution in [1.29, 1.82) is 0 Å². The molecule has 2 aromatic rings. The fourth-order valence-corrected chi connectivity index (χ4v) is 2.55. The summed E-state index contributed by atoms with van der Waals surface area (Å²) in [6, 6.07) is 1.17. The van der Waals surface area contributed by atoms with Gasteiger partial charge in [-0.15, -0.1) is 0 Å². The standard InChI is InChI=1S/C12H10ClNO7S/c1-5(2)4-19-11(15)21-9-6(13)3-7-10(8(9)14(17)18)22-12(16)20-7/h3,5H,4H2,1-2H3. The number of hydrogen-bond donors (Lipinski definition) is 0. The highest BCUT2D eigenvalue weighted by atomic mass is 35.5. The maximum absolute atomic E-state index is 11.6. The number of ether oxygens (including phenoxy) is 2. The van der Waals surface area contributed by atoms with Crippen molar-refractivity contribution in [2.24, 2.45) is 5.92 Å². The number of carbonyl (C=O) groups is 1. The van der Waals surface area contributed by atoms with Crippen molar-refractivity contribution >= 4 is 45.1 Å². The minimum Gasteiger partial charge on any atom is -0.434 e. The normalized spacial score (nSPS) is 10.9. The van der Waals surface area contributed by atoms with Crippen LogP contribution in [0.25, 0.3) is 10.3 Å². The van der Waals surface area contributed by atoms with Crippen LogP contribution in [0.1, 0.15) is 13.8 Å². The van der Waals surface area contributed by atoms with Crippen LogP contribution in [-0.2, 0) is 4.74 Å². The molecule has 8 nitrogen and oxygen atoms in total. The van der Waals surface area contributed by atoms with E-state index in [2.05, 4.69) is 0 Å². The molecule has 2 rings (SSSR count). The number of fused-ring (bicyclic) bond motifs is 1. The van der Waals surface area contributed by atoms with Gasteiger partial charge in [-0.2, -0.15) is 0 Å². The van der Waals surface area contributed by atoms with E-state index < -0.39 is 27.5 Å². The van der Waals surface area contributed by atoms with Gasteiger partial charge in [-0.05, 0) is 17.3 Å². The summed E-state index contributed by atoms with van der Waals surface area (Å²) >= 11 is 6.39. The quantitative estimate of drug-likeness (QED) is 0.360. The number of nitro benzene ring substituents is 1.